The van der Waals surface area contributed by atoms with Crippen molar-refractivity contribution in [3.63, 3.8) is 0 Å². The summed E-state index contributed by atoms with van der Waals surface area (Å²) in [4.78, 5) is 29.3. The van der Waals surface area contributed by atoms with Gasteiger partial charge in [-0.25, -0.2) is 9.78 Å². The van der Waals surface area contributed by atoms with Crippen molar-refractivity contribution in [2.24, 2.45) is 0 Å². The van der Waals surface area contributed by atoms with E-state index in [1.165, 1.54) is 30.9 Å². The second kappa shape index (κ2) is 9.08. The zero-order valence-electron chi connectivity index (χ0n) is 13.6. The standard InChI is InChI=1S/C17H16Cl2N2O3S/c1-3-25-14-7-5-4-6-12(14)17(23)24-10(2)16(22)21-15-13(19)8-11(18)9-20-15/h4-10H,3H2,1-2H3,(H,20,21,22)/t10-/m0/s1. The predicted molar refractivity (Wildman–Crippen MR) is 101 cm³/mol. The van der Waals surface area contributed by atoms with E-state index in [1.807, 2.05) is 19.1 Å². The van der Waals surface area contributed by atoms with Crippen molar-refractivity contribution >= 4 is 52.7 Å². The molecule has 1 aromatic carbocycles. The van der Waals surface area contributed by atoms with Crippen LogP contribution in [0.2, 0.25) is 10.0 Å². The van der Waals surface area contributed by atoms with Gasteiger partial charge in [-0.15, -0.1) is 11.8 Å². The Morgan fingerprint density at radius 2 is 2.04 bits per heavy atom. The number of thioether (sulfide) groups is 1. The summed E-state index contributed by atoms with van der Waals surface area (Å²) in [6.45, 7) is 3.47. The molecule has 1 atom stereocenters. The third kappa shape index (κ3) is 5.36. The molecule has 0 spiro atoms. The van der Waals surface area contributed by atoms with Crippen molar-refractivity contribution < 1.29 is 14.3 Å². The molecule has 0 fully saturated rings. The number of pyridine rings is 1. The van der Waals surface area contributed by atoms with Gasteiger partial charge in [-0.3, -0.25) is 4.79 Å². The van der Waals surface area contributed by atoms with Gasteiger partial charge in [0.1, 0.15) is 0 Å². The van der Waals surface area contributed by atoms with Crippen LogP contribution in [0.1, 0.15) is 24.2 Å². The normalized spacial score (nSPS) is 11.7. The zero-order valence-corrected chi connectivity index (χ0v) is 15.9. The van der Waals surface area contributed by atoms with Crippen LogP contribution in [0.4, 0.5) is 5.82 Å². The number of nitrogens with one attached hydrogen (secondary N) is 1. The fraction of sp³-hybridized carbons (Fsp3) is 0.235. The van der Waals surface area contributed by atoms with Crippen LogP contribution in [0, 0.1) is 0 Å². The molecule has 1 N–H and O–H groups in total. The number of halogens is 2. The van der Waals surface area contributed by atoms with E-state index in [2.05, 4.69) is 10.3 Å². The zero-order chi connectivity index (χ0) is 18.4. The highest BCUT2D eigenvalue weighted by Crippen LogP contribution is 2.24. The molecule has 0 bridgehead atoms. The highest BCUT2D eigenvalue weighted by molar-refractivity contribution is 7.99. The summed E-state index contributed by atoms with van der Waals surface area (Å²) in [6.07, 6.45) is 0.346. The number of esters is 1. The van der Waals surface area contributed by atoms with Crippen LogP contribution in [-0.2, 0) is 9.53 Å². The van der Waals surface area contributed by atoms with Crippen LogP contribution in [0.25, 0.3) is 0 Å². The molecular weight excluding hydrogens is 383 g/mol. The van der Waals surface area contributed by atoms with E-state index in [1.54, 1.807) is 12.1 Å². The molecule has 0 radical (unpaired) electrons. The molecule has 0 aliphatic rings. The summed E-state index contributed by atoms with van der Waals surface area (Å²) < 4.78 is 5.26. The second-order valence-electron chi connectivity index (χ2n) is 4.95. The first-order valence-corrected chi connectivity index (χ1v) is 9.21. The maximum absolute atomic E-state index is 12.3. The highest BCUT2D eigenvalue weighted by Gasteiger charge is 2.21. The van der Waals surface area contributed by atoms with Crippen LogP contribution < -0.4 is 5.32 Å². The van der Waals surface area contributed by atoms with Crippen LogP contribution >= 0.6 is 35.0 Å². The minimum absolute atomic E-state index is 0.154. The van der Waals surface area contributed by atoms with Crippen LogP contribution in [0.5, 0.6) is 0 Å². The van der Waals surface area contributed by atoms with E-state index in [0.29, 0.717) is 10.6 Å². The van der Waals surface area contributed by atoms with Crippen molar-refractivity contribution in [2.75, 3.05) is 11.1 Å². The van der Waals surface area contributed by atoms with Gasteiger partial charge in [0.25, 0.3) is 5.91 Å². The summed E-state index contributed by atoms with van der Waals surface area (Å²) in [6, 6.07) is 8.56. The van der Waals surface area contributed by atoms with E-state index in [0.717, 1.165) is 10.6 Å². The van der Waals surface area contributed by atoms with Crippen molar-refractivity contribution in [1.29, 1.82) is 0 Å². The number of amides is 1. The Labute approximate surface area is 160 Å². The Kier molecular flexibility index (Phi) is 7.11. The van der Waals surface area contributed by atoms with Gasteiger partial charge in [0, 0.05) is 11.1 Å². The molecule has 1 aromatic heterocycles. The van der Waals surface area contributed by atoms with E-state index >= 15 is 0 Å². The van der Waals surface area contributed by atoms with Gasteiger partial charge in [0.05, 0.1) is 15.6 Å². The van der Waals surface area contributed by atoms with Gasteiger partial charge in [0.2, 0.25) is 0 Å². The first-order chi connectivity index (χ1) is 11.9. The lowest BCUT2D eigenvalue weighted by Gasteiger charge is -2.15. The predicted octanol–water partition coefficient (Wildman–Crippen LogP) is 4.68. The average molecular weight is 399 g/mol. The lowest BCUT2D eigenvalue weighted by Crippen LogP contribution is -2.30. The summed E-state index contributed by atoms with van der Waals surface area (Å²) in [5, 5.41) is 3.06. The van der Waals surface area contributed by atoms with Gasteiger partial charge in [-0.2, -0.15) is 0 Å². The number of ether oxygens (including phenoxy) is 1. The van der Waals surface area contributed by atoms with Crippen molar-refractivity contribution in [3.05, 3.63) is 52.1 Å². The maximum atomic E-state index is 12.3. The Morgan fingerprint density at radius 1 is 1.32 bits per heavy atom. The molecule has 0 saturated heterocycles. The van der Waals surface area contributed by atoms with E-state index < -0.39 is 18.0 Å². The van der Waals surface area contributed by atoms with Gasteiger partial charge < -0.3 is 10.1 Å². The molecule has 25 heavy (non-hydrogen) atoms. The molecule has 5 nitrogen and oxygen atoms in total. The number of hydrogen-bond donors (Lipinski definition) is 1. The number of benzene rings is 1. The lowest BCUT2D eigenvalue weighted by molar-refractivity contribution is -0.123. The van der Waals surface area contributed by atoms with Crippen LogP contribution in [0.3, 0.4) is 0 Å². The van der Waals surface area contributed by atoms with Gasteiger partial charge >= 0.3 is 5.97 Å². The van der Waals surface area contributed by atoms with Gasteiger partial charge in [0.15, 0.2) is 11.9 Å². The Balaban J connectivity index is 2.04. The molecule has 132 valence electrons. The fourth-order valence-corrected chi connectivity index (χ4v) is 3.14. The van der Waals surface area contributed by atoms with Crippen molar-refractivity contribution in [1.82, 2.24) is 4.98 Å². The SMILES string of the molecule is CCSc1ccccc1C(=O)O[C@@H](C)C(=O)Nc1ncc(Cl)cc1Cl. The molecule has 1 amide bonds. The fourth-order valence-electron chi connectivity index (χ4n) is 1.92. The Bertz CT molecular complexity index is 786. The topological polar surface area (TPSA) is 68.3 Å². The molecule has 0 unspecified atom stereocenters. The molecule has 8 heteroatoms. The first kappa shape index (κ1) is 19.6. The monoisotopic (exact) mass is 398 g/mol. The molecule has 0 aliphatic carbocycles. The van der Waals surface area contributed by atoms with E-state index in [4.69, 9.17) is 27.9 Å². The number of carbonyl (C=O) groups is 2. The number of rotatable bonds is 6. The second-order valence-corrected chi connectivity index (χ2v) is 7.10. The smallest absolute Gasteiger partial charge is 0.340 e. The number of nitrogens with zero attached hydrogens (tertiary/aromatic N) is 1. The summed E-state index contributed by atoms with van der Waals surface area (Å²) in [5.41, 5.74) is 0.427. The molecule has 0 saturated carbocycles. The van der Waals surface area contributed by atoms with Crippen molar-refractivity contribution in [3.8, 4) is 0 Å². The third-order valence-corrected chi connectivity index (χ3v) is 4.56. The number of aromatic nitrogens is 1. The number of hydrogen-bond acceptors (Lipinski definition) is 5. The van der Waals surface area contributed by atoms with Crippen LogP contribution in [-0.4, -0.2) is 28.7 Å². The highest BCUT2D eigenvalue weighted by atomic mass is 35.5. The largest absolute Gasteiger partial charge is 0.449 e. The summed E-state index contributed by atoms with van der Waals surface area (Å²) in [5.74, 6) is -0.123. The summed E-state index contributed by atoms with van der Waals surface area (Å²) in [7, 11) is 0. The molecule has 2 aromatic rings. The average Bonchev–Trinajstić information content (AvgIpc) is 2.58. The molecule has 1 heterocycles. The minimum atomic E-state index is -1.01. The van der Waals surface area contributed by atoms with Gasteiger partial charge in [-0.1, -0.05) is 42.3 Å². The van der Waals surface area contributed by atoms with E-state index in [-0.39, 0.29) is 10.8 Å². The number of anilines is 1. The summed E-state index contributed by atoms with van der Waals surface area (Å²) >= 11 is 13.3. The number of carbonyl (C=O) groups excluding carboxylic acids is 2. The molecule has 2 rings (SSSR count). The van der Waals surface area contributed by atoms with E-state index in [9.17, 15) is 9.59 Å². The quantitative estimate of drug-likeness (QED) is 0.564. The lowest BCUT2D eigenvalue weighted by atomic mass is 10.2. The Morgan fingerprint density at radius 3 is 2.72 bits per heavy atom. The van der Waals surface area contributed by atoms with Crippen LogP contribution in [0.15, 0.2) is 41.4 Å². The third-order valence-electron chi connectivity index (χ3n) is 3.11. The Hall–Kier alpha value is -1.76. The van der Waals surface area contributed by atoms with Gasteiger partial charge in [-0.05, 0) is 30.9 Å². The maximum Gasteiger partial charge on any atom is 0.340 e. The van der Waals surface area contributed by atoms with Crippen molar-refractivity contribution in [2.45, 2.75) is 24.8 Å². The first-order valence-electron chi connectivity index (χ1n) is 7.47. The molecule has 0 aliphatic heterocycles. The minimum Gasteiger partial charge on any atom is -0.449 e. The molecular formula is C17H16Cl2N2O3S.